The van der Waals surface area contributed by atoms with Crippen molar-refractivity contribution in [2.24, 2.45) is 11.8 Å². The molecular formula is C11H20N2O. The van der Waals surface area contributed by atoms with Crippen LogP contribution in [0.15, 0.2) is 11.8 Å². The van der Waals surface area contributed by atoms with Crippen molar-refractivity contribution in [3.05, 3.63) is 11.8 Å². The smallest absolute Gasteiger partial charge is 0.110 e. The van der Waals surface area contributed by atoms with E-state index >= 15 is 0 Å². The molecule has 2 rings (SSSR count). The zero-order chi connectivity index (χ0) is 9.80. The molecule has 1 fully saturated rings. The Kier molecular flexibility index (Phi) is 3.43. The Morgan fingerprint density at radius 3 is 2.86 bits per heavy atom. The molecule has 0 aromatic rings. The average molecular weight is 196 g/mol. The number of rotatable bonds is 4. The Morgan fingerprint density at radius 2 is 2.36 bits per heavy atom. The minimum absolute atomic E-state index is 0.251. The second-order valence-corrected chi connectivity index (χ2v) is 4.35. The molecule has 1 aliphatic heterocycles. The summed E-state index contributed by atoms with van der Waals surface area (Å²) in [4.78, 5) is 0. The maximum Gasteiger partial charge on any atom is 0.110 e. The number of nitrogens with one attached hydrogen (secondary N) is 1. The van der Waals surface area contributed by atoms with E-state index in [4.69, 9.17) is 10.6 Å². The lowest BCUT2D eigenvalue weighted by Gasteiger charge is -2.31. The molecule has 1 heterocycles. The molecule has 3 heteroatoms. The minimum Gasteiger partial charge on any atom is -0.497 e. The molecule has 14 heavy (non-hydrogen) atoms. The topological polar surface area (TPSA) is 47.3 Å². The average Bonchev–Trinajstić information content (AvgIpc) is 2.18. The molecule has 80 valence electrons. The van der Waals surface area contributed by atoms with Crippen molar-refractivity contribution in [2.45, 2.75) is 44.6 Å². The lowest BCUT2D eigenvalue weighted by molar-refractivity contribution is 0.150. The fourth-order valence-electron chi connectivity index (χ4n) is 2.15. The molecule has 0 saturated heterocycles. The molecule has 0 aromatic heterocycles. The van der Waals surface area contributed by atoms with E-state index in [9.17, 15) is 0 Å². The van der Waals surface area contributed by atoms with Crippen LogP contribution in [0, 0.1) is 5.92 Å². The molecular weight excluding hydrogens is 176 g/mol. The fourth-order valence-corrected chi connectivity index (χ4v) is 2.15. The number of hydrogen-bond donors (Lipinski definition) is 2. The van der Waals surface area contributed by atoms with Gasteiger partial charge in [-0.3, -0.25) is 5.84 Å². The summed E-state index contributed by atoms with van der Waals surface area (Å²) in [6.45, 7) is 0.856. The second-order valence-electron chi connectivity index (χ2n) is 4.35. The number of allylic oxidation sites excluding steroid dienone is 1. The van der Waals surface area contributed by atoms with Crippen molar-refractivity contribution < 1.29 is 4.74 Å². The van der Waals surface area contributed by atoms with Gasteiger partial charge in [-0.05, 0) is 31.3 Å². The SMILES string of the molecule is NNC(CC1CCC1)C1=CCCCO1. The van der Waals surface area contributed by atoms with Crippen molar-refractivity contribution in [3.63, 3.8) is 0 Å². The largest absolute Gasteiger partial charge is 0.497 e. The lowest BCUT2D eigenvalue weighted by Crippen LogP contribution is -2.40. The van der Waals surface area contributed by atoms with Crippen LogP contribution in [0.5, 0.6) is 0 Å². The number of hydrazine groups is 1. The van der Waals surface area contributed by atoms with Crippen LogP contribution in [0.1, 0.15) is 38.5 Å². The Bertz CT molecular complexity index is 211. The maximum atomic E-state index is 5.62. The van der Waals surface area contributed by atoms with Crippen LogP contribution in [-0.2, 0) is 4.74 Å². The number of hydrogen-bond acceptors (Lipinski definition) is 3. The van der Waals surface area contributed by atoms with Gasteiger partial charge in [0.05, 0.1) is 12.6 Å². The highest BCUT2D eigenvalue weighted by molar-refractivity contribution is 5.05. The highest BCUT2D eigenvalue weighted by Gasteiger charge is 2.25. The van der Waals surface area contributed by atoms with E-state index in [-0.39, 0.29) is 6.04 Å². The van der Waals surface area contributed by atoms with Crippen molar-refractivity contribution >= 4 is 0 Å². The molecule has 0 amide bonds. The first-order chi connectivity index (χ1) is 6.90. The third-order valence-electron chi connectivity index (χ3n) is 3.30. The van der Waals surface area contributed by atoms with Crippen molar-refractivity contribution in [2.75, 3.05) is 6.61 Å². The molecule has 3 nitrogen and oxygen atoms in total. The summed E-state index contributed by atoms with van der Waals surface area (Å²) in [5, 5.41) is 0. The van der Waals surface area contributed by atoms with E-state index in [1.54, 1.807) is 0 Å². The fraction of sp³-hybridized carbons (Fsp3) is 0.818. The van der Waals surface area contributed by atoms with Gasteiger partial charge in [0.2, 0.25) is 0 Å². The van der Waals surface area contributed by atoms with Crippen LogP contribution in [0.25, 0.3) is 0 Å². The third-order valence-corrected chi connectivity index (χ3v) is 3.30. The van der Waals surface area contributed by atoms with Gasteiger partial charge in [-0.2, -0.15) is 0 Å². The zero-order valence-electron chi connectivity index (χ0n) is 8.67. The summed E-state index contributed by atoms with van der Waals surface area (Å²) in [7, 11) is 0. The van der Waals surface area contributed by atoms with Crippen LogP contribution in [0.4, 0.5) is 0 Å². The Labute approximate surface area is 85.7 Å². The molecule has 0 aromatic carbocycles. The van der Waals surface area contributed by atoms with Gasteiger partial charge < -0.3 is 4.74 Å². The number of nitrogens with two attached hydrogens (primary N) is 1. The molecule has 1 unspecified atom stereocenters. The molecule has 3 N–H and O–H groups in total. The van der Waals surface area contributed by atoms with E-state index in [0.717, 1.165) is 37.5 Å². The van der Waals surface area contributed by atoms with E-state index < -0.39 is 0 Å². The van der Waals surface area contributed by atoms with Gasteiger partial charge >= 0.3 is 0 Å². The van der Waals surface area contributed by atoms with E-state index in [1.807, 2.05) is 0 Å². The van der Waals surface area contributed by atoms with Crippen LogP contribution in [0.2, 0.25) is 0 Å². The third kappa shape index (κ3) is 2.28. The Balaban J connectivity index is 1.86. The van der Waals surface area contributed by atoms with Crippen LogP contribution in [0.3, 0.4) is 0 Å². The monoisotopic (exact) mass is 196 g/mol. The summed E-state index contributed by atoms with van der Waals surface area (Å²) in [6.07, 6.45) is 9.73. The van der Waals surface area contributed by atoms with Gasteiger partial charge in [0.25, 0.3) is 0 Å². The highest BCUT2D eigenvalue weighted by Crippen LogP contribution is 2.32. The van der Waals surface area contributed by atoms with Gasteiger partial charge in [-0.15, -0.1) is 0 Å². The van der Waals surface area contributed by atoms with Gasteiger partial charge in [-0.1, -0.05) is 19.3 Å². The Hall–Kier alpha value is -0.540. The summed E-state index contributed by atoms with van der Waals surface area (Å²) >= 11 is 0. The van der Waals surface area contributed by atoms with Gasteiger partial charge in [0, 0.05) is 0 Å². The second kappa shape index (κ2) is 4.80. The van der Waals surface area contributed by atoms with Gasteiger partial charge in [0.15, 0.2) is 0 Å². The normalized spacial score (nSPS) is 24.8. The van der Waals surface area contributed by atoms with Crippen LogP contribution < -0.4 is 11.3 Å². The van der Waals surface area contributed by atoms with E-state index in [1.165, 1.54) is 19.3 Å². The molecule has 1 aliphatic carbocycles. The maximum absolute atomic E-state index is 5.62. The molecule has 0 bridgehead atoms. The predicted octanol–water partition coefficient (Wildman–Crippen LogP) is 1.70. The number of ether oxygens (including phenoxy) is 1. The summed E-state index contributed by atoms with van der Waals surface area (Å²) in [5.41, 5.74) is 2.88. The van der Waals surface area contributed by atoms with Crippen molar-refractivity contribution in [1.29, 1.82) is 0 Å². The van der Waals surface area contributed by atoms with E-state index in [0.29, 0.717) is 0 Å². The zero-order valence-corrected chi connectivity index (χ0v) is 8.67. The quantitative estimate of drug-likeness (QED) is 0.531. The Morgan fingerprint density at radius 1 is 1.50 bits per heavy atom. The summed E-state index contributed by atoms with van der Waals surface area (Å²) < 4.78 is 5.62. The van der Waals surface area contributed by atoms with E-state index in [2.05, 4.69) is 11.5 Å². The predicted molar refractivity (Wildman–Crippen MR) is 56.3 cm³/mol. The van der Waals surface area contributed by atoms with Gasteiger partial charge in [-0.25, -0.2) is 5.43 Å². The molecule has 1 atom stereocenters. The van der Waals surface area contributed by atoms with Crippen molar-refractivity contribution in [3.8, 4) is 0 Å². The first kappa shape index (κ1) is 9.99. The van der Waals surface area contributed by atoms with Crippen molar-refractivity contribution in [1.82, 2.24) is 5.43 Å². The summed E-state index contributed by atoms with van der Waals surface area (Å²) in [6, 6.07) is 0.251. The summed E-state index contributed by atoms with van der Waals surface area (Å²) in [5.74, 6) is 7.50. The lowest BCUT2D eigenvalue weighted by atomic mass is 9.80. The molecule has 0 spiro atoms. The molecule has 1 saturated carbocycles. The highest BCUT2D eigenvalue weighted by atomic mass is 16.5. The molecule has 2 aliphatic rings. The first-order valence-electron chi connectivity index (χ1n) is 5.69. The standard InChI is InChI=1S/C11H20N2O/c12-13-10(8-9-4-3-5-9)11-6-1-2-7-14-11/h6,9-10,13H,1-5,7-8,12H2. The van der Waals surface area contributed by atoms with Gasteiger partial charge in [0.1, 0.15) is 5.76 Å². The minimum atomic E-state index is 0.251. The molecule has 0 radical (unpaired) electrons. The van der Waals surface area contributed by atoms with Crippen LogP contribution >= 0.6 is 0 Å². The van der Waals surface area contributed by atoms with Crippen LogP contribution in [-0.4, -0.2) is 12.6 Å². The first-order valence-corrected chi connectivity index (χ1v) is 5.69.